The zero-order valence-electron chi connectivity index (χ0n) is 13.9. The van der Waals surface area contributed by atoms with Crippen LogP contribution in [0, 0.1) is 5.92 Å². The molecule has 22 heavy (non-hydrogen) atoms. The van der Waals surface area contributed by atoms with Crippen LogP contribution in [0.25, 0.3) is 0 Å². The van der Waals surface area contributed by atoms with Crippen molar-refractivity contribution < 1.29 is 4.74 Å². The number of guanidine groups is 1. The minimum atomic E-state index is 0.596. The normalized spacial score (nSPS) is 16.0. The molecule has 0 aromatic heterocycles. The molecule has 0 saturated carbocycles. The minimum Gasteiger partial charge on any atom is -0.378 e. The number of ether oxygens (including phenoxy) is 1. The van der Waals surface area contributed by atoms with Crippen molar-refractivity contribution in [1.82, 2.24) is 10.6 Å². The summed E-state index contributed by atoms with van der Waals surface area (Å²) < 4.78 is 5.44. The quantitative estimate of drug-likeness (QED) is 0.644. The highest BCUT2D eigenvalue weighted by Gasteiger charge is 2.14. The number of anilines is 1. The van der Waals surface area contributed by atoms with Gasteiger partial charge in [0.2, 0.25) is 0 Å². The standard InChI is InChI=1S/C17H28N4O/c1-14(2)12-19-17(18-3)20-13-15-6-4-5-7-16(15)21-8-10-22-11-9-21/h4-7,14H,8-13H2,1-3H3,(H2,18,19,20). The average Bonchev–Trinajstić information content (AvgIpc) is 2.56. The second-order valence-electron chi connectivity index (χ2n) is 5.93. The summed E-state index contributed by atoms with van der Waals surface area (Å²) in [6.07, 6.45) is 0. The summed E-state index contributed by atoms with van der Waals surface area (Å²) in [6, 6.07) is 8.55. The third kappa shape index (κ3) is 4.91. The van der Waals surface area contributed by atoms with Crippen molar-refractivity contribution in [1.29, 1.82) is 0 Å². The van der Waals surface area contributed by atoms with Crippen molar-refractivity contribution in [3.8, 4) is 0 Å². The Balaban J connectivity index is 1.97. The van der Waals surface area contributed by atoms with Gasteiger partial charge in [0.05, 0.1) is 13.2 Å². The molecule has 0 amide bonds. The Bertz CT molecular complexity index is 481. The Morgan fingerprint density at radius 2 is 1.95 bits per heavy atom. The Hall–Kier alpha value is -1.75. The Kier molecular flexibility index (Phi) is 6.52. The van der Waals surface area contributed by atoms with E-state index in [1.807, 2.05) is 7.05 Å². The molecule has 122 valence electrons. The number of para-hydroxylation sites is 1. The lowest BCUT2D eigenvalue weighted by molar-refractivity contribution is 0.122. The Labute approximate surface area is 133 Å². The van der Waals surface area contributed by atoms with Gasteiger partial charge in [0.25, 0.3) is 0 Å². The smallest absolute Gasteiger partial charge is 0.191 e. The minimum absolute atomic E-state index is 0.596. The maximum Gasteiger partial charge on any atom is 0.191 e. The van der Waals surface area contributed by atoms with E-state index in [0.29, 0.717) is 5.92 Å². The first-order chi connectivity index (χ1) is 10.7. The summed E-state index contributed by atoms with van der Waals surface area (Å²) in [5.41, 5.74) is 2.58. The largest absolute Gasteiger partial charge is 0.378 e. The SMILES string of the molecule is CN=C(NCc1ccccc1N1CCOCC1)NCC(C)C. The molecule has 1 aliphatic rings. The molecule has 0 bridgehead atoms. The molecule has 0 atom stereocenters. The molecule has 0 radical (unpaired) electrons. The first-order valence-corrected chi connectivity index (χ1v) is 8.06. The lowest BCUT2D eigenvalue weighted by atomic mass is 10.1. The van der Waals surface area contributed by atoms with E-state index < -0.39 is 0 Å². The summed E-state index contributed by atoms with van der Waals surface area (Å²) in [7, 11) is 1.81. The summed E-state index contributed by atoms with van der Waals surface area (Å²) in [4.78, 5) is 6.67. The van der Waals surface area contributed by atoms with Crippen molar-refractivity contribution in [2.75, 3.05) is 44.8 Å². The van der Waals surface area contributed by atoms with Gasteiger partial charge in [-0.05, 0) is 17.5 Å². The fraction of sp³-hybridized carbons (Fsp3) is 0.588. The van der Waals surface area contributed by atoms with E-state index in [4.69, 9.17) is 4.74 Å². The molecule has 2 rings (SSSR count). The van der Waals surface area contributed by atoms with Crippen molar-refractivity contribution in [3.63, 3.8) is 0 Å². The van der Waals surface area contributed by atoms with Gasteiger partial charge < -0.3 is 20.3 Å². The molecule has 1 aliphatic heterocycles. The lowest BCUT2D eigenvalue weighted by Crippen LogP contribution is -2.40. The summed E-state index contributed by atoms with van der Waals surface area (Å²) >= 11 is 0. The molecule has 1 aromatic carbocycles. The maximum absolute atomic E-state index is 5.44. The van der Waals surface area contributed by atoms with E-state index in [0.717, 1.165) is 45.4 Å². The fourth-order valence-corrected chi connectivity index (χ4v) is 2.47. The molecule has 2 N–H and O–H groups in total. The predicted octanol–water partition coefficient (Wildman–Crippen LogP) is 1.84. The van der Waals surface area contributed by atoms with Crippen LogP contribution in [-0.4, -0.2) is 45.9 Å². The van der Waals surface area contributed by atoms with Gasteiger partial charge in [-0.15, -0.1) is 0 Å². The van der Waals surface area contributed by atoms with E-state index in [-0.39, 0.29) is 0 Å². The van der Waals surface area contributed by atoms with Crippen LogP contribution in [0.3, 0.4) is 0 Å². The second-order valence-corrected chi connectivity index (χ2v) is 5.93. The van der Waals surface area contributed by atoms with Crippen molar-refractivity contribution in [3.05, 3.63) is 29.8 Å². The van der Waals surface area contributed by atoms with Crippen LogP contribution in [0.4, 0.5) is 5.69 Å². The molecule has 1 aromatic rings. The molecule has 5 nitrogen and oxygen atoms in total. The first-order valence-electron chi connectivity index (χ1n) is 8.06. The third-order valence-electron chi connectivity index (χ3n) is 3.69. The zero-order valence-corrected chi connectivity index (χ0v) is 13.9. The highest BCUT2D eigenvalue weighted by molar-refractivity contribution is 5.79. The van der Waals surface area contributed by atoms with E-state index in [1.54, 1.807) is 0 Å². The number of hydrogen-bond donors (Lipinski definition) is 2. The molecular weight excluding hydrogens is 276 g/mol. The van der Waals surface area contributed by atoms with Crippen LogP contribution in [0.5, 0.6) is 0 Å². The molecule has 0 unspecified atom stereocenters. The van der Waals surface area contributed by atoms with Crippen LogP contribution in [0.2, 0.25) is 0 Å². The van der Waals surface area contributed by atoms with E-state index in [1.165, 1.54) is 11.3 Å². The van der Waals surface area contributed by atoms with E-state index in [9.17, 15) is 0 Å². The van der Waals surface area contributed by atoms with Crippen molar-refractivity contribution in [2.24, 2.45) is 10.9 Å². The van der Waals surface area contributed by atoms with Gasteiger partial charge in [-0.2, -0.15) is 0 Å². The van der Waals surface area contributed by atoms with E-state index in [2.05, 4.69) is 58.6 Å². The maximum atomic E-state index is 5.44. The zero-order chi connectivity index (χ0) is 15.8. The molecule has 1 fully saturated rings. The number of nitrogens with one attached hydrogen (secondary N) is 2. The fourth-order valence-electron chi connectivity index (χ4n) is 2.47. The van der Waals surface area contributed by atoms with Crippen LogP contribution in [0.1, 0.15) is 19.4 Å². The van der Waals surface area contributed by atoms with Crippen molar-refractivity contribution >= 4 is 11.6 Å². The number of benzene rings is 1. The summed E-state index contributed by atoms with van der Waals surface area (Å²) in [6.45, 7) is 9.59. The number of aliphatic imine (C=N–C) groups is 1. The first kappa shape index (κ1) is 16.6. The third-order valence-corrected chi connectivity index (χ3v) is 3.69. The Morgan fingerprint density at radius 1 is 1.23 bits per heavy atom. The van der Waals surface area contributed by atoms with Crippen LogP contribution in [-0.2, 0) is 11.3 Å². The van der Waals surface area contributed by atoms with Gasteiger partial charge in [0.1, 0.15) is 0 Å². The molecular formula is C17H28N4O. The number of hydrogen-bond acceptors (Lipinski definition) is 3. The van der Waals surface area contributed by atoms with Gasteiger partial charge in [0.15, 0.2) is 5.96 Å². The predicted molar refractivity (Wildman–Crippen MR) is 92.5 cm³/mol. The van der Waals surface area contributed by atoms with Crippen LogP contribution in [0.15, 0.2) is 29.3 Å². The molecule has 1 heterocycles. The molecule has 1 saturated heterocycles. The number of rotatable bonds is 5. The molecule has 0 aliphatic carbocycles. The van der Waals surface area contributed by atoms with E-state index >= 15 is 0 Å². The number of nitrogens with zero attached hydrogens (tertiary/aromatic N) is 2. The summed E-state index contributed by atoms with van der Waals surface area (Å²) in [5.74, 6) is 1.45. The topological polar surface area (TPSA) is 48.9 Å². The van der Waals surface area contributed by atoms with Gasteiger partial charge in [-0.1, -0.05) is 32.0 Å². The second kappa shape index (κ2) is 8.63. The highest BCUT2D eigenvalue weighted by atomic mass is 16.5. The molecule has 5 heteroatoms. The molecule has 0 spiro atoms. The Morgan fingerprint density at radius 3 is 2.64 bits per heavy atom. The summed E-state index contributed by atoms with van der Waals surface area (Å²) in [5, 5.41) is 6.74. The van der Waals surface area contributed by atoms with Gasteiger partial charge in [-0.25, -0.2) is 0 Å². The highest BCUT2D eigenvalue weighted by Crippen LogP contribution is 2.21. The van der Waals surface area contributed by atoms with Crippen molar-refractivity contribution in [2.45, 2.75) is 20.4 Å². The average molecular weight is 304 g/mol. The lowest BCUT2D eigenvalue weighted by Gasteiger charge is -2.30. The van der Waals surface area contributed by atoms with Gasteiger partial charge in [-0.3, -0.25) is 4.99 Å². The van der Waals surface area contributed by atoms with Gasteiger partial charge >= 0.3 is 0 Å². The van der Waals surface area contributed by atoms with Gasteiger partial charge in [0, 0.05) is 38.9 Å². The van der Waals surface area contributed by atoms with Crippen LogP contribution < -0.4 is 15.5 Å². The van der Waals surface area contributed by atoms with Crippen LogP contribution >= 0.6 is 0 Å². The number of morpholine rings is 1. The monoisotopic (exact) mass is 304 g/mol.